The minimum absolute atomic E-state index is 0.121. The summed E-state index contributed by atoms with van der Waals surface area (Å²) in [5.74, 6) is 2.45. The number of H-pyrrole nitrogens is 1. The maximum Gasteiger partial charge on any atom is 0.432 e. The van der Waals surface area contributed by atoms with Crippen LogP contribution < -0.4 is 20.4 Å². The molecule has 0 bridgehead atoms. The molecule has 6 aromatic heterocycles. The topological polar surface area (TPSA) is 183 Å². The molecule has 21 heteroatoms. The summed E-state index contributed by atoms with van der Waals surface area (Å²) in [5, 5.41) is 24.4. The third-order valence-corrected chi connectivity index (χ3v) is 12.8. The number of aromatic amines is 1. The van der Waals surface area contributed by atoms with Crippen molar-refractivity contribution in [3.63, 3.8) is 0 Å². The molecule has 0 radical (unpaired) electrons. The number of fused-ring (bicyclic) bond motifs is 3. The second kappa shape index (κ2) is 17.5. The van der Waals surface area contributed by atoms with Gasteiger partial charge in [0, 0.05) is 115 Å². The number of morpholine rings is 2. The van der Waals surface area contributed by atoms with Crippen LogP contribution in [0.25, 0.3) is 77.9 Å². The minimum atomic E-state index is -4.52. The lowest BCUT2D eigenvalue weighted by atomic mass is 10.0. The number of hydrogen-bond donors (Lipinski definition) is 3. The van der Waals surface area contributed by atoms with E-state index in [4.69, 9.17) is 39.6 Å². The van der Waals surface area contributed by atoms with E-state index in [0.717, 1.165) is 72.7 Å². The normalized spacial score (nSPS) is 14.6. The van der Waals surface area contributed by atoms with Gasteiger partial charge in [-0.05, 0) is 54.6 Å². The highest BCUT2D eigenvalue weighted by Gasteiger charge is 2.33. The van der Waals surface area contributed by atoms with Gasteiger partial charge in [-0.1, -0.05) is 18.2 Å². The fraction of sp³-hybridized carbons (Fsp3) is 0.240. The predicted octanol–water partition coefficient (Wildman–Crippen LogP) is 8.50. The van der Waals surface area contributed by atoms with Gasteiger partial charge in [-0.15, -0.1) is 0 Å². The number of anilines is 6. The molecule has 0 unspecified atom stereocenters. The number of imidazole rings is 1. The summed E-state index contributed by atoms with van der Waals surface area (Å²) in [6.07, 6.45) is 0.124. The smallest absolute Gasteiger partial charge is 0.378 e. The monoisotopic (exact) mass is 958 g/mol. The highest BCUT2D eigenvalue weighted by Crippen LogP contribution is 2.38. The lowest BCUT2D eigenvalue weighted by Gasteiger charge is -2.27. The number of nitrogens with one attached hydrogen (secondary N) is 3. The lowest BCUT2D eigenvalue weighted by molar-refractivity contribution is -0.140. The molecule has 8 heterocycles. The van der Waals surface area contributed by atoms with Crippen LogP contribution in [-0.2, 0) is 36.8 Å². The average Bonchev–Trinajstić information content (AvgIpc) is 4.20. The Kier molecular flexibility index (Phi) is 10.8. The molecule has 0 saturated carbocycles. The van der Waals surface area contributed by atoms with Crippen molar-refractivity contribution < 1.29 is 22.6 Å². The Labute approximate surface area is 403 Å². The van der Waals surface area contributed by atoms with E-state index in [1.165, 1.54) is 0 Å². The van der Waals surface area contributed by atoms with Crippen LogP contribution in [0.4, 0.5) is 48.1 Å². The maximum atomic E-state index is 13.2. The third-order valence-electron chi connectivity index (χ3n) is 12.8. The van der Waals surface area contributed by atoms with E-state index in [2.05, 4.69) is 78.0 Å². The molecule has 358 valence electrons. The molecule has 2 fully saturated rings. The molecule has 4 aromatic carbocycles. The molecule has 18 nitrogen and oxygen atoms in total. The zero-order valence-electron chi connectivity index (χ0n) is 38.7. The van der Waals surface area contributed by atoms with Crippen LogP contribution in [0.3, 0.4) is 0 Å². The van der Waals surface area contributed by atoms with Gasteiger partial charge in [0.25, 0.3) is 0 Å². The Morgan fingerprint density at radius 1 is 0.606 bits per heavy atom. The number of aryl methyl sites for hydroxylation is 3. The highest BCUT2D eigenvalue weighted by atomic mass is 19.4. The SMILES string of the molecule is Cn1cc2cc(Nc3cc(-c4ccc5cnn(C)c5c4)nc(N4CCOCC4)n3)cc(-c3nn(C)c4cc(-c5cc(Nc6ccc(-c7ncc(C(F)(F)F)[nH]7)cc6)nc(N6CCOCC6)n5)ccc34)c2n1. The van der Waals surface area contributed by atoms with Crippen LogP contribution >= 0.6 is 0 Å². The highest BCUT2D eigenvalue weighted by molar-refractivity contribution is 6.04. The largest absolute Gasteiger partial charge is 0.432 e. The van der Waals surface area contributed by atoms with Gasteiger partial charge in [-0.25, -0.2) is 15.0 Å². The molecule has 0 aliphatic carbocycles. The number of nitrogens with zero attached hydrogens (tertiary/aromatic N) is 13. The van der Waals surface area contributed by atoms with Crippen LogP contribution in [-0.4, -0.2) is 112 Å². The first kappa shape index (κ1) is 43.8. The molecule has 2 aliphatic heterocycles. The molecule has 0 atom stereocenters. The van der Waals surface area contributed by atoms with Gasteiger partial charge in [-0.2, -0.15) is 38.4 Å². The molecule has 3 N–H and O–H groups in total. The number of halogens is 3. The first-order valence-corrected chi connectivity index (χ1v) is 23.0. The van der Waals surface area contributed by atoms with E-state index >= 15 is 0 Å². The van der Waals surface area contributed by atoms with Crippen molar-refractivity contribution in [2.75, 3.05) is 73.0 Å². The molecule has 0 amide bonds. The fourth-order valence-electron chi connectivity index (χ4n) is 9.15. The Balaban J connectivity index is 0.887. The zero-order chi connectivity index (χ0) is 48.4. The summed E-state index contributed by atoms with van der Waals surface area (Å²) in [5.41, 5.74) is 8.62. The van der Waals surface area contributed by atoms with Gasteiger partial charge in [-0.3, -0.25) is 14.0 Å². The summed E-state index contributed by atoms with van der Waals surface area (Å²) in [7, 11) is 5.77. The Bertz CT molecular complexity index is 3620. The minimum Gasteiger partial charge on any atom is -0.378 e. The number of alkyl halides is 3. The molecule has 0 spiro atoms. The summed E-state index contributed by atoms with van der Waals surface area (Å²) in [4.78, 5) is 30.6. The molecule has 12 rings (SSSR count). The predicted molar refractivity (Wildman–Crippen MR) is 265 cm³/mol. The quantitative estimate of drug-likeness (QED) is 0.119. The van der Waals surface area contributed by atoms with Crippen molar-refractivity contribution in [1.82, 2.24) is 59.2 Å². The van der Waals surface area contributed by atoms with Gasteiger partial charge >= 0.3 is 6.18 Å². The van der Waals surface area contributed by atoms with E-state index in [0.29, 0.717) is 93.1 Å². The average molecular weight is 959 g/mol. The van der Waals surface area contributed by atoms with Crippen molar-refractivity contribution in [2.24, 2.45) is 21.1 Å². The second-order valence-corrected chi connectivity index (χ2v) is 17.6. The maximum absolute atomic E-state index is 13.2. The molecule has 71 heavy (non-hydrogen) atoms. The van der Waals surface area contributed by atoms with Crippen LogP contribution in [0.1, 0.15) is 5.69 Å². The van der Waals surface area contributed by atoms with Crippen molar-refractivity contribution in [3.05, 3.63) is 109 Å². The first-order valence-electron chi connectivity index (χ1n) is 23.0. The molecular weight excluding hydrogens is 914 g/mol. The van der Waals surface area contributed by atoms with Gasteiger partial charge in [0.1, 0.15) is 34.4 Å². The summed E-state index contributed by atoms with van der Waals surface area (Å²) >= 11 is 0. The van der Waals surface area contributed by atoms with E-state index in [1.54, 1.807) is 24.3 Å². The fourth-order valence-corrected chi connectivity index (χ4v) is 9.15. The van der Waals surface area contributed by atoms with Crippen molar-refractivity contribution in [3.8, 4) is 45.2 Å². The second-order valence-electron chi connectivity index (χ2n) is 17.6. The number of rotatable bonds is 10. The van der Waals surface area contributed by atoms with Crippen LogP contribution in [0.15, 0.2) is 104 Å². The standard InChI is InChI=1S/C50H45F3N16O2/c1-65-28-33-20-35(57-44-25-38(58-49(62-44)69-14-18-71-19-15-69)30-4-5-32-26-55-66(2)40(32)21-30)23-37(45(33)63-65)46-36-11-8-31(22-41(36)67(3)64-46)39-24-43(61-48(59-39)68-12-16-70-17-13-68)56-34-9-6-29(7-10-34)47-54-27-42(60-47)50(51,52)53/h4-11,20-28H,12-19H2,1-3H3,(H,54,60)(H,56,59,61)(H,57,58,62). The molecule has 10 aromatic rings. The molecule has 2 saturated heterocycles. The van der Waals surface area contributed by atoms with E-state index < -0.39 is 11.9 Å². The summed E-state index contributed by atoms with van der Waals surface area (Å²) in [6.45, 7) is 4.88. The Morgan fingerprint density at radius 3 is 1.87 bits per heavy atom. The molecular formula is C50H45F3N16O2. The van der Waals surface area contributed by atoms with Crippen LogP contribution in [0.5, 0.6) is 0 Å². The van der Waals surface area contributed by atoms with Gasteiger partial charge in [0.2, 0.25) is 11.9 Å². The Morgan fingerprint density at radius 2 is 1.23 bits per heavy atom. The van der Waals surface area contributed by atoms with Crippen LogP contribution in [0.2, 0.25) is 0 Å². The van der Waals surface area contributed by atoms with Gasteiger partial charge in [0.05, 0.1) is 61.2 Å². The third kappa shape index (κ3) is 8.58. The van der Waals surface area contributed by atoms with Crippen LogP contribution in [0, 0.1) is 0 Å². The van der Waals surface area contributed by atoms with Crippen molar-refractivity contribution in [2.45, 2.75) is 6.18 Å². The number of benzene rings is 4. The van der Waals surface area contributed by atoms with Crippen molar-refractivity contribution in [1.29, 1.82) is 0 Å². The summed E-state index contributed by atoms with van der Waals surface area (Å²) < 4.78 is 56.6. The van der Waals surface area contributed by atoms with E-state index in [1.807, 2.05) is 65.8 Å². The lowest BCUT2D eigenvalue weighted by Crippen LogP contribution is -2.37. The van der Waals surface area contributed by atoms with Crippen molar-refractivity contribution >= 4 is 67.6 Å². The zero-order valence-corrected chi connectivity index (χ0v) is 38.7. The summed E-state index contributed by atoms with van der Waals surface area (Å²) in [6, 6.07) is 27.3. The van der Waals surface area contributed by atoms with Gasteiger partial charge < -0.3 is 34.9 Å². The first-order chi connectivity index (χ1) is 34.4. The molecule has 2 aliphatic rings. The van der Waals surface area contributed by atoms with E-state index in [-0.39, 0.29) is 5.82 Å². The number of aromatic nitrogens is 12. The van der Waals surface area contributed by atoms with E-state index in [9.17, 15) is 13.2 Å². The Hall–Kier alpha value is -8.43. The number of hydrogen-bond acceptors (Lipinski definition) is 14. The van der Waals surface area contributed by atoms with Gasteiger partial charge in [0.15, 0.2) is 0 Å². The number of ether oxygens (including phenoxy) is 2.